The van der Waals surface area contributed by atoms with Crippen LogP contribution in [-0.4, -0.2) is 31.4 Å². The van der Waals surface area contributed by atoms with Crippen molar-refractivity contribution < 1.29 is 18.8 Å². The SMILES string of the molecule is C\C=C/C(Cl)=C(\C=C\CCC(=O)OC)B1OC(C)(C)C(C)(C)O1. The molecule has 0 spiro atoms. The molecule has 1 heterocycles. The molecule has 1 fully saturated rings. The molecule has 0 aliphatic carbocycles. The summed E-state index contributed by atoms with van der Waals surface area (Å²) in [6.45, 7) is 9.87. The van der Waals surface area contributed by atoms with Gasteiger partial charge in [0.05, 0.1) is 18.3 Å². The molecule has 1 aliphatic heterocycles. The van der Waals surface area contributed by atoms with Crippen LogP contribution in [0.1, 0.15) is 47.5 Å². The second-order valence-electron chi connectivity index (χ2n) is 6.41. The van der Waals surface area contributed by atoms with Crippen molar-refractivity contribution in [3.63, 3.8) is 0 Å². The van der Waals surface area contributed by atoms with Crippen LogP contribution in [0.5, 0.6) is 0 Å². The molecule has 0 aromatic heterocycles. The molecular formula is C17H26BClO4. The highest BCUT2D eigenvalue weighted by atomic mass is 35.5. The lowest BCUT2D eigenvalue weighted by Gasteiger charge is -2.32. The van der Waals surface area contributed by atoms with Gasteiger partial charge >= 0.3 is 13.1 Å². The monoisotopic (exact) mass is 340 g/mol. The van der Waals surface area contributed by atoms with Gasteiger partial charge in [-0.05, 0) is 47.1 Å². The number of carbonyl (C=O) groups is 1. The van der Waals surface area contributed by atoms with Gasteiger partial charge in [-0.25, -0.2) is 0 Å². The van der Waals surface area contributed by atoms with Crippen molar-refractivity contribution in [1.82, 2.24) is 0 Å². The summed E-state index contributed by atoms with van der Waals surface area (Å²) in [6, 6.07) is 0. The molecule has 6 heteroatoms. The summed E-state index contributed by atoms with van der Waals surface area (Å²) < 4.78 is 16.7. The summed E-state index contributed by atoms with van der Waals surface area (Å²) >= 11 is 6.37. The summed E-state index contributed by atoms with van der Waals surface area (Å²) in [6.07, 6.45) is 8.28. The fraction of sp³-hybridized carbons (Fsp3) is 0.588. The molecule has 23 heavy (non-hydrogen) atoms. The quantitative estimate of drug-likeness (QED) is 0.413. The van der Waals surface area contributed by atoms with Crippen LogP contribution in [0.4, 0.5) is 0 Å². The van der Waals surface area contributed by atoms with Gasteiger partial charge in [0.25, 0.3) is 0 Å². The van der Waals surface area contributed by atoms with Crippen molar-refractivity contribution in [2.24, 2.45) is 0 Å². The van der Waals surface area contributed by atoms with Crippen LogP contribution in [0.3, 0.4) is 0 Å². The Balaban J connectivity index is 2.94. The number of methoxy groups -OCH3 is 1. The zero-order valence-corrected chi connectivity index (χ0v) is 15.6. The molecule has 1 aliphatic rings. The molecule has 0 unspecified atom stereocenters. The zero-order chi connectivity index (χ0) is 17.7. The van der Waals surface area contributed by atoms with Gasteiger partial charge in [-0.1, -0.05) is 29.8 Å². The highest BCUT2D eigenvalue weighted by Crippen LogP contribution is 2.39. The minimum absolute atomic E-state index is 0.240. The molecule has 0 atom stereocenters. The van der Waals surface area contributed by atoms with Gasteiger partial charge in [-0.15, -0.1) is 0 Å². The predicted molar refractivity (Wildman–Crippen MR) is 94.2 cm³/mol. The second kappa shape index (κ2) is 8.18. The summed E-state index contributed by atoms with van der Waals surface area (Å²) in [5.74, 6) is -0.240. The number of allylic oxidation sites excluding steroid dienone is 6. The van der Waals surface area contributed by atoms with Crippen molar-refractivity contribution in [2.45, 2.75) is 58.7 Å². The van der Waals surface area contributed by atoms with Crippen molar-refractivity contribution in [3.8, 4) is 0 Å². The lowest BCUT2D eigenvalue weighted by molar-refractivity contribution is -0.140. The number of rotatable bonds is 6. The van der Waals surface area contributed by atoms with Crippen LogP contribution in [0.2, 0.25) is 0 Å². The Kier molecular flexibility index (Phi) is 7.12. The first-order valence-electron chi connectivity index (χ1n) is 7.76. The Labute approximate surface area is 144 Å². The largest absolute Gasteiger partial charge is 0.496 e. The Morgan fingerprint density at radius 3 is 2.22 bits per heavy atom. The zero-order valence-electron chi connectivity index (χ0n) is 14.8. The van der Waals surface area contributed by atoms with E-state index in [9.17, 15) is 4.79 Å². The van der Waals surface area contributed by atoms with E-state index in [0.717, 1.165) is 5.47 Å². The van der Waals surface area contributed by atoms with E-state index in [4.69, 9.17) is 20.9 Å². The fourth-order valence-corrected chi connectivity index (χ4v) is 2.27. The number of hydrogen-bond donors (Lipinski definition) is 0. The molecule has 0 bridgehead atoms. The molecule has 0 amide bonds. The van der Waals surface area contributed by atoms with E-state index < -0.39 is 18.3 Å². The Morgan fingerprint density at radius 2 is 1.74 bits per heavy atom. The van der Waals surface area contributed by atoms with Crippen LogP contribution in [0.15, 0.2) is 34.8 Å². The average Bonchev–Trinajstić information content (AvgIpc) is 2.66. The molecule has 0 aromatic carbocycles. The maximum absolute atomic E-state index is 11.2. The molecule has 4 nitrogen and oxygen atoms in total. The Bertz CT molecular complexity index is 505. The van der Waals surface area contributed by atoms with Gasteiger partial charge < -0.3 is 14.0 Å². The van der Waals surface area contributed by atoms with E-state index in [1.165, 1.54) is 7.11 Å². The third kappa shape index (κ3) is 5.23. The van der Waals surface area contributed by atoms with Gasteiger partial charge in [0.15, 0.2) is 0 Å². The van der Waals surface area contributed by atoms with Crippen molar-refractivity contribution >= 4 is 24.7 Å². The number of halogens is 1. The smallest absolute Gasteiger partial charge is 0.469 e. The van der Waals surface area contributed by atoms with E-state index in [1.54, 1.807) is 6.08 Å². The minimum atomic E-state index is -0.543. The van der Waals surface area contributed by atoms with Crippen LogP contribution in [-0.2, 0) is 18.8 Å². The number of hydrogen-bond acceptors (Lipinski definition) is 4. The van der Waals surface area contributed by atoms with E-state index in [0.29, 0.717) is 17.9 Å². The Hall–Kier alpha value is -1.04. The van der Waals surface area contributed by atoms with Crippen molar-refractivity contribution in [2.75, 3.05) is 7.11 Å². The molecule has 128 valence electrons. The van der Waals surface area contributed by atoms with E-state index in [1.807, 2.05) is 52.8 Å². The lowest BCUT2D eigenvalue weighted by Crippen LogP contribution is -2.41. The first-order chi connectivity index (χ1) is 10.6. The molecule has 1 rings (SSSR count). The first kappa shape index (κ1) is 20.0. The van der Waals surface area contributed by atoms with Gasteiger partial charge in [-0.3, -0.25) is 4.79 Å². The standard InChI is InChI=1S/C17H26BClO4/c1-7-10-14(19)13(11-8-9-12-15(20)21-6)18-22-16(2,3)17(4,5)23-18/h7-8,10-11H,9,12H2,1-6H3/b10-7-,11-8+,14-13-. The summed E-state index contributed by atoms with van der Waals surface area (Å²) in [7, 11) is 0.836. The van der Waals surface area contributed by atoms with Gasteiger partial charge in [-0.2, -0.15) is 0 Å². The molecule has 0 saturated carbocycles. The highest BCUT2D eigenvalue weighted by Gasteiger charge is 2.52. The van der Waals surface area contributed by atoms with Gasteiger partial charge in [0, 0.05) is 16.9 Å². The molecule has 1 saturated heterocycles. The minimum Gasteiger partial charge on any atom is -0.469 e. The van der Waals surface area contributed by atoms with Crippen LogP contribution in [0.25, 0.3) is 0 Å². The number of ether oxygens (including phenoxy) is 1. The highest BCUT2D eigenvalue weighted by molar-refractivity contribution is 6.58. The van der Waals surface area contributed by atoms with E-state index in [-0.39, 0.29) is 5.97 Å². The predicted octanol–water partition coefficient (Wildman–Crippen LogP) is 4.20. The molecule has 0 aromatic rings. The lowest BCUT2D eigenvalue weighted by atomic mass is 9.77. The number of esters is 1. The third-order valence-corrected chi connectivity index (χ3v) is 4.48. The van der Waals surface area contributed by atoms with Crippen LogP contribution >= 0.6 is 11.6 Å². The average molecular weight is 341 g/mol. The van der Waals surface area contributed by atoms with Gasteiger partial charge in [0.2, 0.25) is 0 Å². The fourth-order valence-electron chi connectivity index (χ4n) is 2.00. The topological polar surface area (TPSA) is 44.8 Å². The first-order valence-corrected chi connectivity index (χ1v) is 8.13. The van der Waals surface area contributed by atoms with Gasteiger partial charge in [0.1, 0.15) is 0 Å². The molecular weight excluding hydrogens is 314 g/mol. The van der Waals surface area contributed by atoms with Crippen LogP contribution < -0.4 is 0 Å². The van der Waals surface area contributed by atoms with Crippen molar-refractivity contribution in [1.29, 1.82) is 0 Å². The van der Waals surface area contributed by atoms with E-state index in [2.05, 4.69) is 4.74 Å². The molecule has 0 radical (unpaired) electrons. The van der Waals surface area contributed by atoms with E-state index >= 15 is 0 Å². The molecule has 0 N–H and O–H groups in total. The summed E-state index contributed by atoms with van der Waals surface area (Å²) in [4.78, 5) is 11.2. The van der Waals surface area contributed by atoms with Crippen LogP contribution in [0, 0.1) is 0 Å². The maximum atomic E-state index is 11.2. The Morgan fingerprint density at radius 1 is 1.17 bits per heavy atom. The summed E-state index contributed by atoms with van der Waals surface area (Å²) in [5, 5.41) is 0.556. The third-order valence-electron chi connectivity index (χ3n) is 4.14. The normalized spacial score (nSPS) is 21.1. The maximum Gasteiger partial charge on any atom is 0.496 e. The summed E-state index contributed by atoms with van der Waals surface area (Å²) in [5.41, 5.74) is -0.126. The van der Waals surface area contributed by atoms with Crippen molar-refractivity contribution in [3.05, 3.63) is 34.8 Å². The second-order valence-corrected chi connectivity index (χ2v) is 6.82. The number of carbonyl (C=O) groups excluding carboxylic acids is 1.